The molecule has 2 aromatic carbocycles. The number of rotatable bonds is 12. The Kier molecular flexibility index (Phi) is 11.1. The standard InChI is InChI=1S/C29H33BrClFN4O5/c1-19(27(37)33-2)35(14-6-16-40-24-9-3-4-15-39-24)28(38)25-26(30)34-29(41-23-8-5-7-22(32)17-23)36(25)18-20-10-12-21(31)13-11-20/h5,7-8,10-13,17,19,24H,3-4,6,9,14-16,18H2,1-2H3,(H,33,37). The number of amides is 2. The lowest BCUT2D eigenvalue weighted by atomic mass is 10.2. The van der Waals surface area contributed by atoms with Gasteiger partial charge < -0.3 is 24.4 Å². The summed E-state index contributed by atoms with van der Waals surface area (Å²) in [6.45, 7) is 3.16. The fourth-order valence-electron chi connectivity index (χ4n) is 4.49. The van der Waals surface area contributed by atoms with Gasteiger partial charge in [0, 0.05) is 31.3 Å². The molecule has 2 heterocycles. The summed E-state index contributed by atoms with van der Waals surface area (Å²) in [7, 11) is 1.52. The minimum Gasteiger partial charge on any atom is -0.425 e. The number of ether oxygens (including phenoxy) is 3. The molecule has 2 atom stereocenters. The number of halogens is 3. The molecule has 0 aliphatic carbocycles. The fraction of sp³-hybridized carbons (Fsp3) is 0.414. The van der Waals surface area contributed by atoms with E-state index in [1.165, 1.54) is 30.1 Å². The van der Waals surface area contributed by atoms with Crippen LogP contribution in [0.2, 0.25) is 5.02 Å². The highest BCUT2D eigenvalue weighted by atomic mass is 79.9. The van der Waals surface area contributed by atoms with Crippen LogP contribution in [0, 0.1) is 5.82 Å². The SMILES string of the molecule is CNC(=O)C(C)N(CCCOC1CCCCO1)C(=O)c1c(Br)nc(Oc2cccc(F)c2)n1Cc1ccc(Cl)cc1. The molecule has 9 nitrogen and oxygen atoms in total. The van der Waals surface area contributed by atoms with Crippen molar-refractivity contribution in [2.45, 2.75) is 51.5 Å². The van der Waals surface area contributed by atoms with Crippen molar-refractivity contribution in [2.24, 2.45) is 0 Å². The molecular formula is C29H33BrClFN4O5. The van der Waals surface area contributed by atoms with E-state index >= 15 is 0 Å². The summed E-state index contributed by atoms with van der Waals surface area (Å²) in [5.74, 6) is -1.000. The summed E-state index contributed by atoms with van der Waals surface area (Å²) in [6.07, 6.45) is 3.15. The van der Waals surface area contributed by atoms with Gasteiger partial charge in [-0.15, -0.1) is 0 Å². The van der Waals surface area contributed by atoms with Gasteiger partial charge in [0.15, 0.2) is 6.29 Å². The summed E-state index contributed by atoms with van der Waals surface area (Å²) < 4.78 is 33.1. The predicted molar refractivity (Wildman–Crippen MR) is 156 cm³/mol. The van der Waals surface area contributed by atoms with Gasteiger partial charge in [-0.05, 0) is 78.4 Å². The first kappa shape index (κ1) is 31.0. The lowest BCUT2D eigenvalue weighted by Crippen LogP contribution is -2.48. The van der Waals surface area contributed by atoms with Gasteiger partial charge >= 0.3 is 6.01 Å². The molecule has 3 aromatic rings. The van der Waals surface area contributed by atoms with Crippen molar-refractivity contribution in [2.75, 3.05) is 26.8 Å². The number of carbonyl (C=O) groups excluding carboxylic acids is 2. The van der Waals surface area contributed by atoms with Crippen LogP contribution in [0.1, 0.15) is 48.7 Å². The first-order chi connectivity index (χ1) is 19.8. The van der Waals surface area contributed by atoms with Crippen molar-refractivity contribution in [3.63, 3.8) is 0 Å². The first-order valence-electron chi connectivity index (χ1n) is 13.5. The number of hydrogen-bond donors (Lipinski definition) is 1. The summed E-state index contributed by atoms with van der Waals surface area (Å²) >= 11 is 9.51. The highest BCUT2D eigenvalue weighted by molar-refractivity contribution is 9.10. The topological polar surface area (TPSA) is 94.9 Å². The van der Waals surface area contributed by atoms with E-state index < -0.39 is 17.8 Å². The molecule has 1 saturated heterocycles. The Morgan fingerprint density at radius 2 is 2.05 bits per heavy atom. The second-order valence-corrected chi connectivity index (χ2v) is 10.8. The number of imidazole rings is 1. The Labute approximate surface area is 252 Å². The second-order valence-electron chi connectivity index (χ2n) is 9.62. The minimum absolute atomic E-state index is 0.0751. The van der Waals surface area contributed by atoms with E-state index in [4.69, 9.17) is 25.8 Å². The first-order valence-corrected chi connectivity index (χ1v) is 14.6. The maximum atomic E-state index is 14.2. The van der Waals surface area contributed by atoms with Crippen LogP contribution in [0.25, 0.3) is 0 Å². The van der Waals surface area contributed by atoms with E-state index in [-0.39, 0.29) is 47.3 Å². The lowest BCUT2D eigenvalue weighted by Gasteiger charge is -2.29. The third kappa shape index (κ3) is 8.28. The van der Waals surface area contributed by atoms with Crippen LogP contribution < -0.4 is 10.1 Å². The van der Waals surface area contributed by atoms with E-state index in [1.54, 1.807) is 29.7 Å². The second kappa shape index (κ2) is 14.8. The Morgan fingerprint density at radius 3 is 2.73 bits per heavy atom. The molecule has 0 spiro atoms. The summed E-state index contributed by atoms with van der Waals surface area (Å²) in [6, 6.07) is 12.1. The maximum absolute atomic E-state index is 14.2. The largest absolute Gasteiger partial charge is 0.425 e. The van der Waals surface area contributed by atoms with Crippen LogP contribution in [0.3, 0.4) is 0 Å². The third-order valence-corrected chi connectivity index (χ3v) is 7.50. The normalized spacial score (nSPS) is 15.8. The van der Waals surface area contributed by atoms with Gasteiger partial charge in [0.05, 0.1) is 13.2 Å². The van der Waals surface area contributed by atoms with E-state index in [9.17, 15) is 14.0 Å². The number of carbonyl (C=O) groups is 2. The van der Waals surface area contributed by atoms with Gasteiger partial charge in [-0.25, -0.2) is 4.39 Å². The zero-order valence-corrected chi connectivity index (χ0v) is 25.3. The Balaban J connectivity index is 1.63. The Hall–Kier alpha value is -2.99. The third-order valence-electron chi connectivity index (χ3n) is 6.69. The van der Waals surface area contributed by atoms with Crippen LogP contribution in [0.15, 0.2) is 53.1 Å². The van der Waals surface area contributed by atoms with E-state index in [0.717, 1.165) is 24.8 Å². The predicted octanol–water partition coefficient (Wildman–Crippen LogP) is 5.79. The number of nitrogens with one attached hydrogen (secondary N) is 1. The molecule has 2 amide bonds. The number of aromatic nitrogens is 2. The molecule has 4 rings (SSSR count). The van der Waals surface area contributed by atoms with Gasteiger partial charge in [0.1, 0.15) is 27.9 Å². The number of hydrogen-bond acceptors (Lipinski definition) is 6. The molecular weight excluding hydrogens is 619 g/mol. The average Bonchev–Trinajstić information content (AvgIpc) is 3.27. The van der Waals surface area contributed by atoms with Gasteiger partial charge in [-0.2, -0.15) is 4.98 Å². The average molecular weight is 652 g/mol. The molecule has 2 unspecified atom stereocenters. The van der Waals surface area contributed by atoms with Crippen LogP contribution in [-0.2, 0) is 20.8 Å². The molecule has 12 heteroatoms. The molecule has 1 aliphatic rings. The zero-order valence-electron chi connectivity index (χ0n) is 22.9. The fourth-order valence-corrected chi connectivity index (χ4v) is 5.15. The molecule has 1 N–H and O–H groups in total. The zero-order chi connectivity index (χ0) is 29.4. The minimum atomic E-state index is -0.781. The molecule has 41 heavy (non-hydrogen) atoms. The number of likely N-dealkylation sites (N-methyl/N-ethyl adjacent to an activating group) is 1. The highest BCUT2D eigenvalue weighted by Crippen LogP contribution is 2.30. The monoisotopic (exact) mass is 650 g/mol. The van der Waals surface area contributed by atoms with E-state index in [0.29, 0.717) is 24.7 Å². The molecule has 1 aromatic heterocycles. The van der Waals surface area contributed by atoms with Crippen molar-refractivity contribution >= 4 is 39.3 Å². The van der Waals surface area contributed by atoms with Crippen molar-refractivity contribution in [3.05, 3.63) is 75.2 Å². The number of benzene rings is 2. The molecule has 0 radical (unpaired) electrons. The highest BCUT2D eigenvalue weighted by Gasteiger charge is 2.32. The number of nitrogens with zero attached hydrogens (tertiary/aromatic N) is 3. The molecule has 0 bridgehead atoms. The lowest BCUT2D eigenvalue weighted by molar-refractivity contribution is -0.163. The van der Waals surface area contributed by atoms with Crippen LogP contribution >= 0.6 is 27.5 Å². The molecule has 0 saturated carbocycles. The molecule has 1 aliphatic heterocycles. The Bertz CT molecular complexity index is 1330. The van der Waals surface area contributed by atoms with Gasteiger partial charge in [0.25, 0.3) is 5.91 Å². The van der Waals surface area contributed by atoms with Gasteiger partial charge in [0.2, 0.25) is 5.91 Å². The summed E-state index contributed by atoms with van der Waals surface area (Å²) in [5.41, 5.74) is 1.00. The van der Waals surface area contributed by atoms with Crippen molar-refractivity contribution in [1.82, 2.24) is 19.8 Å². The van der Waals surface area contributed by atoms with Crippen LogP contribution in [0.5, 0.6) is 11.8 Å². The van der Waals surface area contributed by atoms with Crippen LogP contribution in [-0.4, -0.2) is 65.4 Å². The van der Waals surface area contributed by atoms with Gasteiger partial charge in [-0.3, -0.25) is 14.2 Å². The quantitative estimate of drug-likeness (QED) is 0.249. The van der Waals surface area contributed by atoms with Crippen molar-refractivity contribution in [1.29, 1.82) is 0 Å². The summed E-state index contributed by atoms with van der Waals surface area (Å²) in [5, 5.41) is 3.19. The molecule has 220 valence electrons. The van der Waals surface area contributed by atoms with E-state index in [2.05, 4.69) is 26.2 Å². The maximum Gasteiger partial charge on any atom is 0.303 e. The molecule has 1 fully saturated rings. The van der Waals surface area contributed by atoms with Crippen molar-refractivity contribution in [3.8, 4) is 11.8 Å². The smallest absolute Gasteiger partial charge is 0.303 e. The summed E-state index contributed by atoms with van der Waals surface area (Å²) in [4.78, 5) is 32.8. The Morgan fingerprint density at radius 1 is 1.27 bits per heavy atom. The van der Waals surface area contributed by atoms with Gasteiger partial charge in [-0.1, -0.05) is 29.8 Å². The van der Waals surface area contributed by atoms with E-state index in [1.807, 2.05) is 12.1 Å². The van der Waals surface area contributed by atoms with Crippen LogP contribution in [0.4, 0.5) is 4.39 Å². The van der Waals surface area contributed by atoms with Crippen molar-refractivity contribution < 1.29 is 28.2 Å².